The summed E-state index contributed by atoms with van der Waals surface area (Å²) in [5, 5.41) is 45.1. The van der Waals surface area contributed by atoms with Crippen LogP contribution in [0.4, 0.5) is 0 Å². The van der Waals surface area contributed by atoms with Crippen LogP contribution in [0.15, 0.2) is 42.9 Å². The smallest absolute Gasteiger partial charge is 0.113 e. The van der Waals surface area contributed by atoms with E-state index >= 15 is 0 Å². The van der Waals surface area contributed by atoms with E-state index in [1.54, 1.807) is 23.4 Å². The van der Waals surface area contributed by atoms with Gasteiger partial charge < -0.3 is 5.11 Å². The van der Waals surface area contributed by atoms with Gasteiger partial charge in [-0.05, 0) is 36.6 Å². The zero-order valence-corrected chi connectivity index (χ0v) is 16.5. The molecule has 3 heterocycles. The van der Waals surface area contributed by atoms with E-state index in [9.17, 15) is 15.6 Å². The van der Waals surface area contributed by atoms with Crippen molar-refractivity contribution in [3.8, 4) is 34.5 Å². The first-order valence-corrected chi connectivity index (χ1v) is 9.90. The van der Waals surface area contributed by atoms with Crippen LogP contribution < -0.4 is 0 Å². The van der Waals surface area contributed by atoms with Crippen molar-refractivity contribution in [2.75, 3.05) is 0 Å². The number of nitrogens with one attached hydrogen (secondary N) is 1. The number of hydrogen-bond acceptors (Lipinski definition) is 7. The number of fused-ring (bicyclic) bond motifs is 1. The van der Waals surface area contributed by atoms with Gasteiger partial charge in [0.25, 0.3) is 0 Å². The summed E-state index contributed by atoms with van der Waals surface area (Å²) in [5.41, 5.74) is 3.96. The van der Waals surface area contributed by atoms with E-state index in [4.69, 9.17) is 5.10 Å². The number of nitriles is 2. The molecule has 1 aliphatic rings. The van der Waals surface area contributed by atoms with Gasteiger partial charge in [-0.3, -0.25) is 10.1 Å². The molecule has 3 aromatic heterocycles. The van der Waals surface area contributed by atoms with Gasteiger partial charge >= 0.3 is 0 Å². The van der Waals surface area contributed by atoms with Gasteiger partial charge in [-0.1, -0.05) is 6.07 Å². The highest BCUT2D eigenvalue weighted by atomic mass is 16.3. The molecule has 5 rings (SSSR count). The maximum absolute atomic E-state index is 9.61. The third-order valence-corrected chi connectivity index (χ3v) is 5.94. The summed E-state index contributed by atoms with van der Waals surface area (Å²) in [6.07, 6.45) is 6.57. The first-order valence-electron chi connectivity index (χ1n) is 9.90. The molecule has 31 heavy (non-hydrogen) atoms. The zero-order valence-electron chi connectivity index (χ0n) is 16.5. The fourth-order valence-corrected chi connectivity index (χ4v) is 4.33. The van der Waals surface area contributed by atoms with Crippen molar-refractivity contribution in [3.63, 3.8) is 0 Å². The summed E-state index contributed by atoms with van der Waals surface area (Å²) in [5.74, 6) is -0.0749. The van der Waals surface area contributed by atoms with E-state index in [2.05, 4.69) is 32.4 Å². The number of H-pyrrole nitrogens is 1. The minimum atomic E-state index is -0.534. The molecule has 2 N–H and O–H groups in total. The number of aliphatic hydroxyl groups is 1. The van der Waals surface area contributed by atoms with Crippen molar-refractivity contribution in [1.82, 2.24) is 30.2 Å². The Morgan fingerprint density at radius 2 is 2.13 bits per heavy atom. The zero-order chi connectivity index (χ0) is 21.4. The number of nitrogens with zero attached hydrogens (tertiary/aromatic N) is 7. The van der Waals surface area contributed by atoms with Gasteiger partial charge in [0.05, 0.1) is 54.0 Å². The normalized spacial score (nSPS) is 20.2. The van der Waals surface area contributed by atoms with E-state index in [0.29, 0.717) is 24.2 Å². The third kappa shape index (κ3) is 3.03. The highest BCUT2D eigenvalue weighted by Gasteiger charge is 2.48. The Balaban J connectivity index is 1.63. The summed E-state index contributed by atoms with van der Waals surface area (Å²) in [6, 6.07) is 12.3. The number of rotatable bonds is 5. The summed E-state index contributed by atoms with van der Waals surface area (Å²) in [4.78, 5) is 6.10. The van der Waals surface area contributed by atoms with Crippen molar-refractivity contribution < 1.29 is 5.11 Å². The average Bonchev–Trinajstić information content (AvgIpc) is 3.45. The monoisotopic (exact) mass is 410 g/mol. The molecule has 4 aromatic rings. The Morgan fingerprint density at radius 3 is 2.90 bits per heavy atom. The van der Waals surface area contributed by atoms with E-state index in [1.807, 2.05) is 24.3 Å². The quantitative estimate of drug-likeness (QED) is 0.515. The van der Waals surface area contributed by atoms with Crippen molar-refractivity contribution in [3.05, 3.63) is 48.5 Å². The lowest BCUT2D eigenvalue weighted by atomic mass is 9.68. The highest BCUT2D eigenvalue weighted by molar-refractivity contribution is 5.97. The van der Waals surface area contributed by atoms with Crippen molar-refractivity contribution in [2.24, 2.45) is 5.92 Å². The van der Waals surface area contributed by atoms with Crippen LogP contribution in [0.5, 0.6) is 0 Å². The molecule has 9 nitrogen and oxygen atoms in total. The number of aromatic amines is 1. The largest absolute Gasteiger partial charge is 0.390 e. The molecular formula is C22H18N8O. The number of aromatic nitrogens is 6. The number of aliphatic hydroxyl groups excluding tert-OH is 1. The summed E-state index contributed by atoms with van der Waals surface area (Å²) in [6.45, 7) is -0.179. The third-order valence-electron chi connectivity index (χ3n) is 5.94. The maximum Gasteiger partial charge on any atom is 0.113 e. The van der Waals surface area contributed by atoms with Crippen LogP contribution in [0.1, 0.15) is 25.0 Å². The first kappa shape index (κ1) is 18.9. The Bertz CT molecular complexity index is 1350. The van der Waals surface area contributed by atoms with Gasteiger partial charge in [-0.2, -0.15) is 30.6 Å². The lowest BCUT2D eigenvalue weighted by Crippen LogP contribution is -2.47. The summed E-state index contributed by atoms with van der Waals surface area (Å²) >= 11 is 0. The molecule has 0 spiro atoms. The molecule has 0 unspecified atom stereocenters. The molecule has 0 saturated heterocycles. The molecular weight excluding hydrogens is 392 g/mol. The summed E-state index contributed by atoms with van der Waals surface area (Å²) < 4.78 is 0. The number of hydrogen-bond donors (Lipinski definition) is 2. The van der Waals surface area contributed by atoms with E-state index in [-0.39, 0.29) is 18.9 Å². The Morgan fingerprint density at radius 1 is 1.26 bits per heavy atom. The summed E-state index contributed by atoms with van der Waals surface area (Å²) in [7, 11) is 0. The lowest BCUT2D eigenvalue weighted by Gasteiger charge is -2.42. The maximum atomic E-state index is 9.61. The van der Waals surface area contributed by atoms with Crippen LogP contribution >= 0.6 is 0 Å². The van der Waals surface area contributed by atoms with Crippen LogP contribution in [0.3, 0.4) is 0 Å². The number of pyridine rings is 1. The molecule has 0 bridgehead atoms. The SMILES string of the molecule is N#CCC1(n2ncc(-c3cc(-c4c[nH]nc4CO)cc4ncccc34)n2)CC(C#N)C1. The number of benzene rings is 1. The molecule has 0 aliphatic heterocycles. The van der Waals surface area contributed by atoms with Crippen LogP contribution in [0.2, 0.25) is 0 Å². The molecule has 0 atom stereocenters. The molecule has 1 aromatic carbocycles. The lowest BCUT2D eigenvalue weighted by molar-refractivity contribution is 0.0713. The standard InChI is InChI=1S/C22H18N8O/c23-4-3-22(8-14(9-22)10-24)30-27-12-20(29-30)17-6-15(18-11-26-28-21(18)13-31)7-19-16(17)2-1-5-25-19/h1-2,5-7,11-12,14,31H,3,8-9,13H2,(H,26,28). The van der Waals surface area contributed by atoms with Crippen LogP contribution in [0, 0.1) is 28.6 Å². The highest BCUT2D eigenvalue weighted by Crippen LogP contribution is 2.45. The van der Waals surface area contributed by atoms with Crippen LogP contribution in [-0.4, -0.2) is 35.3 Å². The minimum Gasteiger partial charge on any atom is -0.390 e. The van der Waals surface area contributed by atoms with Gasteiger partial charge in [-0.15, -0.1) is 0 Å². The van der Waals surface area contributed by atoms with Crippen molar-refractivity contribution >= 4 is 10.9 Å². The molecule has 0 amide bonds. The average molecular weight is 410 g/mol. The van der Waals surface area contributed by atoms with Gasteiger partial charge in [0.2, 0.25) is 0 Å². The second-order valence-electron chi connectivity index (χ2n) is 7.81. The topological polar surface area (TPSA) is 140 Å². The van der Waals surface area contributed by atoms with E-state index < -0.39 is 5.54 Å². The van der Waals surface area contributed by atoms with Crippen molar-refractivity contribution in [2.45, 2.75) is 31.4 Å². The van der Waals surface area contributed by atoms with E-state index in [0.717, 1.165) is 27.6 Å². The first-order chi connectivity index (χ1) is 15.2. The molecule has 1 saturated carbocycles. The second kappa shape index (κ2) is 7.31. The molecule has 0 radical (unpaired) electrons. The van der Waals surface area contributed by atoms with Gasteiger partial charge in [-0.25, -0.2) is 0 Å². The van der Waals surface area contributed by atoms with Crippen LogP contribution in [-0.2, 0) is 12.1 Å². The Kier molecular flexibility index (Phi) is 4.46. The fraction of sp³-hybridized carbons (Fsp3) is 0.273. The predicted octanol–water partition coefficient (Wildman–Crippen LogP) is 2.92. The molecule has 9 heteroatoms. The molecule has 1 fully saturated rings. The van der Waals surface area contributed by atoms with Gasteiger partial charge in [0, 0.05) is 28.9 Å². The van der Waals surface area contributed by atoms with Gasteiger partial charge in [0.15, 0.2) is 0 Å². The molecule has 1 aliphatic carbocycles. The Hall–Kier alpha value is -4.08. The molecule has 152 valence electrons. The second-order valence-corrected chi connectivity index (χ2v) is 7.81. The Labute approximate surface area is 177 Å². The fourth-order valence-electron chi connectivity index (χ4n) is 4.33. The van der Waals surface area contributed by atoms with Crippen LogP contribution in [0.25, 0.3) is 33.3 Å². The van der Waals surface area contributed by atoms with Crippen molar-refractivity contribution in [1.29, 1.82) is 10.5 Å². The van der Waals surface area contributed by atoms with Gasteiger partial charge in [0.1, 0.15) is 5.69 Å². The predicted molar refractivity (Wildman–Crippen MR) is 111 cm³/mol. The van der Waals surface area contributed by atoms with E-state index in [1.165, 1.54) is 0 Å². The minimum absolute atomic E-state index is 0.0749.